The van der Waals surface area contributed by atoms with E-state index in [0.717, 1.165) is 42.3 Å². The molecule has 9 heteroatoms. The molecule has 32 heavy (non-hydrogen) atoms. The summed E-state index contributed by atoms with van der Waals surface area (Å²) in [6, 6.07) is 8.04. The van der Waals surface area contributed by atoms with Gasteiger partial charge in [-0.25, -0.2) is 0 Å². The molecule has 0 atom stereocenters. The zero-order valence-electron chi connectivity index (χ0n) is 17.0. The maximum Gasteiger partial charge on any atom is 0.416 e. The van der Waals surface area contributed by atoms with Crippen molar-refractivity contribution in [2.24, 2.45) is 5.92 Å². The lowest BCUT2D eigenvalue weighted by molar-refractivity contribution is -0.137. The number of carbonyl (C=O) groups is 2. The van der Waals surface area contributed by atoms with Crippen LogP contribution in [0, 0.1) is 5.92 Å². The van der Waals surface area contributed by atoms with Crippen LogP contribution in [0.15, 0.2) is 36.4 Å². The summed E-state index contributed by atoms with van der Waals surface area (Å²) in [4.78, 5) is 26.8. The van der Waals surface area contributed by atoms with Crippen LogP contribution in [-0.4, -0.2) is 24.4 Å². The number of rotatable bonds is 4. The molecule has 2 aromatic carbocycles. The summed E-state index contributed by atoms with van der Waals surface area (Å²) < 4.78 is 38.9. The fraction of sp³-hybridized carbons (Fsp3) is 0.391. The van der Waals surface area contributed by atoms with E-state index in [-0.39, 0.29) is 28.5 Å². The number of fused-ring (bicyclic) bond motifs is 1. The second kappa shape index (κ2) is 8.94. The quantitative estimate of drug-likeness (QED) is 0.587. The van der Waals surface area contributed by atoms with Gasteiger partial charge in [0.15, 0.2) is 0 Å². The predicted octanol–water partition coefficient (Wildman–Crippen LogP) is 5.89. The minimum atomic E-state index is -4.55. The molecule has 1 saturated carbocycles. The number of anilines is 1. The molecule has 1 heterocycles. The highest BCUT2D eigenvalue weighted by Gasteiger charge is 2.33. The predicted molar refractivity (Wildman–Crippen MR) is 117 cm³/mol. The molecular formula is C23H21Cl2F3N2O2. The van der Waals surface area contributed by atoms with E-state index >= 15 is 0 Å². The highest BCUT2D eigenvalue weighted by Crippen LogP contribution is 2.35. The molecule has 1 fully saturated rings. The van der Waals surface area contributed by atoms with Crippen molar-refractivity contribution < 1.29 is 22.8 Å². The second-order valence-corrected chi connectivity index (χ2v) is 9.18. The molecule has 0 radical (unpaired) electrons. The van der Waals surface area contributed by atoms with E-state index in [1.165, 1.54) is 0 Å². The van der Waals surface area contributed by atoms with E-state index < -0.39 is 17.6 Å². The molecule has 0 aromatic heterocycles. The molecule has 2 amide bonds. The van der Waals surface area contributed by atoms with Crippen LogP contribution >= 0.6 is 23.2 Å². The summed E-state index contributed by atoms with van der Waals surface area (Å²) in [6.07, 6.45) is -1.24. The number of carbonyl (C=O) groups excluding carboxylic acids is 2. The summed E-state index contributed by atoms with van der Waals surface area (Å²) in [7, 11) is 0. The van der Waals surface area contributed by atoms with Crippen LogP contribution in [-0.2, 0) is 17.4 Å². The number of benzene rings is 2. The molecule has 2 aromatic rings. The Morgan fingerprint density at radius 2 is 1.78 bits per heavy atom. The average Bonchev–Trinajstić information content (AvgIpc) is 3.03. The van der Waals surface area contributed by atoms with Gasteiger partial charge < -0.3 is 10.2 Å². The van der Waals surface area contributed by atoms with Crippen molar-refractivity contribution >= 4 is 40.7 Å². The fourth-order valence-corrected chi connectivity index (χ4v) is 4.79. The molecule has 0 spiro atoms. The Kier molecular flexibility index (Phi) is 6.41. The maximum atomic E-state index is 13.0. The zero-order valence-corrected chi connectivity index (χ0v) is 18.5. The van der Waals surface area contributed by atoms with Crippen LogP contribution in [0.4, 0.5) is 18.9 Å². The second-order valence-electron chi connectivity index (χ2n) is 8.34. The van der Waals surface area contributed by atoms with Crippen LogP contribution in [0.1, 0.15) is 47.2 Å². The van der Waals surface area contributed by atoms with Gasteiger partial charge in [0, 0.05) is 23.3 Å². The van der Waals surface area contributed by atoms with E-state index in [0.29, 0.717) is 30.8 Å². The summed E-state index contributed by atoms with van der Waals surface area (Å²) >= 11 is 12.1. The minimum Gasteiger partial charge on any atom is -0.349 e. The number of nitrogens with one attached hydrogen (secondary N) is 1. The van der Waals surface area contributed by atoms with Crippen LogP contribution in [0.2, 0.25) is 10.0 Å². The Hall–Kier alpha value is -2.25. The van der Waals surface area contributed by atoms with Gasteiger partial charge in [-0.3, -0.25) is 9.59 Å². The third-order valence-corrected chi connectivity index (χ3v) is 6.71. The Morgan fingerprint density at radius 1 is 1.06 bits per heavy atom. The number of hydrogen-bond acceptors (Lipinski definition) is 2. The van der Waals surface area contributed by atoms with Crippen LogP contribution < -0.4 is 10.2 Å². The van der Waals surface area contributed by atoms with Gasteiger partial charge in [-0.2, -0.15) is 13.2 Å². The summed E-state index contributed by atoms with van der Waals surface area (Å²) in [5, 5.41) is 3.38. The molecule has 2 aliphatic rings. The van der Waals surface area contributed by atoms with E-state index in [2.05, 4.69) is 5.32 Å². The van der Waals surface area contributed by atoms with Gasteiger partial charge in [-0.15, -0.1) is 0 Å². The van der Waals surface area contributed by atoms with Crippen molar-refractivity contribution in [1.82, 2.24) is 5.32 Å². The number of amides is 2. The Balaban J connectivity index is 1.35. The van der Waals surface area contributed by atoms with Crippen LogP contribution in [0.3, 0.4) is 0 Å². The molecule has 4 nitrogen and oxygen atoms in total. The minimum absolute atomic E-state index is 0.0194. The van der Waals surface area contributed by atoms with Gasteiger partial charge >= 0.3 is 6.18 Å². The van der Waals surface area contributed by atoms with Crippen LogP contribution in [0.25, 0.3) is 0 Å². The molecule has 170 valence electrons. The fourth-order valence-electron chi connectivity index (χ4n) is 4.42. The van der Waals surface area contributed by atoms with Gasteiger partial charge in [0.1, 0.15) is 0 Å². The normalized spacial score (nSPS) is 20.9. The highest BCUT2D eigenvalue weighted by molar-refractivity contribution is 6.33. The third-order valence-electron chi connectivity index (χ3n) is 6.14. The summed E-state index contributed by atoms with van der Waals surface area (Å²) in [6.45, 7) is 0.590. The zero-order chi connectivity index (χ0) is 23.0. The summed E-state index contributed by atoms with van der Waals surface area (Å²) in [5.41, 5.74) is 0.738. The lowest BCUT2D eigenvalue weighted by Gasteiger charge is -2.32. The lowest BCUT2D eigenvalue weighted by atomic mass is 9.85. The van der Waals surface area contributed by atoms with Crippen LogP contribution in [0.5, 0.6) is 0 Å². The number of hydrogen-bond donors (Lipinski definition) is 1. The van der Waals surface area contributed by atoms with Crippen molar-refractivity contribution in [2.75, 3.05) is 11.4 Å². The average molecular weight is 485 g/mol. The monoisotopic (exact) mass is 484 g/mol. The van der Waals surface area contributed by atoms with Crippen molar-refractivity contribution in [2.45, 2.75) is 44.3 Å². The molecule has 0 saturated heterocycles. The number of alkyl halides is 3. The Labute approximate surface area is 193 Å². The first-order valence-corrected chi connectivity index (χ1v) is 11.1. The first-order chi connectivity index (χ1) is 15.1. The first-order valence-electron chi connectivity index (χ1n) is 10.4. The van der Waals surface area contributed by atoms with E-state index in [9.17, 15) is 22.8 Å². The van der Waals surface area contributed by atoms with Gasteiger partial charge in [0.25, 0.3) is 5.91 Å². The number of halogens is 5. The third kappa shape index (κ3) is 4.89. The molecule has 4 rings (SSSR count). The first kappa shape index (κ1) is 22.9. The molecule has 1 aliphatic carbocycles. The molecule has 1 N–H and O–H groups in total. The van der Waals surface area contributed by atoms with E-state index in [1.54, 1.807) is 11.0 Å². The van der Waals surface area contributed by atoms with Gasteiger partial charge in [-0.05, 0) is 67.5 Å². The SMILES string of the molecule is O=C(NC1CCC(CN2C(=O)Cc3ccc(Cl)cc32)CC1)c1cc(C(F)(F)F)ccc1Cl. The van der Waals surface area contributed by atoms with Gasteiger partial charge in [0.2, 0.25) is 5.91 Å². The van der Waals surface area contributed by atoms with E-state index in [4.69, 9.17) is 23.2 Å². The largest absolute Gasteiger partial charge is 0.416 e. The Bertz CT molecular complexity index is 1050. The van der Waals surface area contributed by atoms with Gasteiger partial charge in [-0.1, -0.05) is 29.3 Å². The highest BCUT2D eigenvalue weighted by atomic mass is 35.5. The van der Waals surface area contributed by atoms with Crippen molar-refractivity contribution in [3.8, 4) is 0 Å². The van der Waals surface area contributed by atoms with E-state index in [1.807, 2.05) is 12.1 Å². The maximum absolute atomic E-state index is 13.0. The topological polar surface area (TPSA) is 49.4 Å². The summed E-state index contributed by atoms with van der Waals surface area (Å²) in [5.74, 6) is -0.283. The Morgan fingerprint density at radius 3 is 2.47 bits per heavy atom. The smallest absolute Gasteiger partial charge is 0.349 e. The van der Waals surface area contributed by atoms with Crippen molar-refractivity contribution in [3.05, 3.63) is 63.1 Å². The number of nitrogens with zero attached hydrogens (tertiary/aromatic N) is 1. The van der Waals surface area contributed by atoms with Crippen molar-refractivity contribution in [1.29, 1.82) is 0 Å². The van der Waals surface area contributed by atoms with Crippen molar-refractivity contribution in [3.63, 3.8) is 0 Å². The molecule has 1 aliphatic heterocycles. The standard InChI is InChI=1S/C23H21Cl2F3N2O2/c24-16-5-3-14-9-21(31)30(20(14)11-16)12-13-1-6-17(7-2-13)29-22(32)18-10-15(23(26,27)28)4-8-19(18)25/h3-5,8,10-11,13,17H,1-2,6-7,9,12H2,(H,29,32). The lowest BCUT2D eigenvalue weighted by Crippen LogP contribution is -2.40. The molecule has 0 bridgehead atoms. The van der Waals surface area contributed by atoms with Gasteiger partial charge in [0.05, 0.1) is 22.6 Å². The molecule has 0 unspecified atom stereocenters. The molecular weight excluding hydrogens is 464 g/mol.